The van der Waals surface area contributed by atoms with Crippen LogP contribution in [0.5, 0.6) is 0 Å². The number of anilines is 2. The summed E-state index contributed by atoms with van der Waals surface area (Å²) < 4.78 is 0. The first-order chi connectivity index (χ1) is 14.8. The van der Waals surface area contributed by atoms with Gasteiger partial charge in [0.05, 0.1) is 12.5 Å². The first-order valence-electron chi connectivity index (χ1n) is 10.6. The first-order valence-corrected chi connectivity index (χ1v) is 10.6. The molecule has 0 aliphatic carbocycles. The van der Waals surface area contributed by atoms with E-state index in [-0.39, 0.29) is 30.3 Å². The molecule has 7 nitrogen and oxygen atoms in total. The number of nitrogens with one attached hydrogen (secondary N) is 2. The van der Waals surface area contributed by atoms with Crippen LogP contribution in [0, 0.1) is 19.8 Å². The topological polar surface area (TPSA) is 81.8 Å². The van der Waals surface area contributed by atoms with Crippen molar-refractivity contribution in [3.05, 3.63) is 59.7 Å². The van der Waals surface area contributed by atoms with E-state index in [0.717, 1.165) is 28.9 Å². The van der Waals surface area contributed by atoms with E-state index in [4.69, 9.17) is 0 Å². The fourth-order valence-electron chi connectivity index (χ4n) is 3.75. The summed E-state index contributed by atoms with van der Waals surface area (Å²) in [6.07, 6.45) is 1.46. The Bertz CT molecular complexity index is 945. The van der Waals surface area contributed by atoms with Gasteiger partial charge >= 0.3 is 6.03 Å². The molecule has 0 bridgehead atoms. The average molecular weight is 423 g/mol. The SMILES string of the molecule is Cc1ccc(C)c(NC(=O)CN(C)C(=O)[C@@H]2CCCN(C(=O)Nc3ccccc3)C2)c1. The summed E-state index contributed by atoms with van der Waals surface area (Å²) in [4.78, 5) is 41.1. The Labute approximate surface area is 183 Å². The number of carbonyl (C=O) groups is 3. The van der Waals surface area contributed by atoms with Crippen molar-refractivity contribution in [3.63, 3.8) is 0 Å². The molecule has 0 saturated carbocycles. The molecule has 0 spiro atoms. The molecule has 31 heavy (non-hydrogen) atoms. The summed E-state index contributed by atoms with van der Waals surface area (Å²) in [6.45, 7) is 4.83. The Kier molecular flexibility index (Phi) is 7.28. The van der Waals surface area contributed by atoms with Gasteiger partial charge in [0, 0.05) is 31.5 Å². The van der Waals surface area contributed by atoms with Gasteiger partial charge in [-0.2, -0.15) is 0 Å². The van der Waals surface area contributed by atoms with Crippen LogP contribution in [-0.2, 0) is 9.59 Å². The lowest BCUT2D eigenvalue weighted by atomic mass is 9.97. The van der Waals surface area contributed by atoms with E-state index in [1.807, 2.05) is 62.4 Å². The van der Waals surface area contributed by atoms with E-state index in [9.17, 15) is 14.4 Å². The molecule has 2 aromatic rings. The third kappa shape index (κ3) is 6.07. The Morgan fingerprint density at radius 1 is 1.06 bits per heavy atom. The molecule has 4 amide bonds. The lowest BCUT2D eigenvalue weighted by Crippen LogP contribution is -2.48. The average Bonchev–Trinajstić information content (AvgIpc) is 2.76. The summed E-state index contributed by atoms with van der Waals surface area (Å²) in [5.74, 6) is -0.666. The van der Waals surface area contributed by atoms with Crippen LogP contribution in [0.3, 0.4) is 0 Å². The van der Waals surface area contributed by atoms with Crippen molar-refractivity contribution < 1.29 is 14.4 Å². The van der Waals surface area contributed by atoms with Crippen molar-refractivity contribution in [2.45, 2.75) is 26.7 Å². The monoisotopic (exact) mass is 422 g/mol. The highest BCUT2D eigenvalue weighted by Crippen LogP contribution is 2.20. The summed E-state index contributed by atoms with van der Waals surface area (Å²) in [5.41, 5.74) is 3.51. The quantitative estimate of drug-likeness (QED) is 0.772. The Balaban J connectivity index is 1.54. The molecule has 7 heteroatoms. The zero-order valence-electron chi connectivity index (χ0n) is 18.4. The molecule has 1 aliphatic heterocycles. The highest BCUT2D eigenvalue weighted by Gasteiger charge is 2.30. The highest BCUT2D eigenvalue weighted by molar-refractivity contribution is 5.95. The predicted molar refractivity (Wildman–Crippen MR) is 122 cm³/mol. The van der Waals surface area contributed by atoms with E-state index in [2.05, 4.69) is 10.6 Å². The van der Waals surface area contributed by atoms with Crippen LogP contribution in [0.4, 0.5) is 16.2 Å². The van der Waals surface area contributed by atoms with Crippen LogP contribution in [0.2, 0.25) is 0 Å². The fraction of sp³-hybridized carbons (Fsp3) is 0.375. The number of likely N-dealkylation sites (tertiary alicyclic amines) is 1. The molecule has 164 valence electrons. The minimum absolute atomic E-state index is 0.0288. The minimum atomic E-state index is -0.311. The second kappa shape index (κ2) is 10.1. The number of hydrogen-bond donors (Lipinski definition) is 2. The van der Waals surface area contributed by atoms with Gasteiger partial charge < -0.3 is 20.4 Å². The molecule has 1 heterocycles. The van der Waals surface area contributed by atoms with Crippen molar-refractivity contribution in [1.82, 2.24) is 9.80 Å². The first kappa shape index (κ1) is 22.3. The molecule has 1 saturated heterocycles. The molecule has 3 rings (SSSR count). The van der Waals surface area contributed by atoms with Crippen molar-refractivity contribution in [1.29, 1.82) is 0 Å². The maximum absolute atomic E-state index is 12.9. The summed E-state index contributed by atoms with van der Waals surface area (Å²) in [6, 6.07) is 14.9. The van der Waals surface area contributed by atoms with Gasteiger partial charge in [0.1, 0.15) is 0 Å². The molecule has 1 atom stereocenters. The predicted octanol–water partition coefficient (Wildman–Crippen LogP) is 3.64. The van der Waals surface area contributed by atoms with Crippen molar-refractivity contribution in [2.24, 2.45) is 5.92 Å². The van der Waals surface area contributed by atoms with Crippen LogP contribution >= 0.6 is 0 Å². The standard InChI is InChI=1S/C24H30N4O3/c1-17-11-12-18(2)21(14-17)26-22(29)16-27(3)23(30)19-8-7-13-28(15-19)24(31)25-20-9-5-4-6-10-20/h4-6,9-12,14,19H,7-8,13,15-16H2,1-3H3,(H,25,31)(H,26,29)/t19-/m1/s1. The van der Waals surface area contributed by atoms with Crippen molar-refractivity contribution in [2.75, 3.05) is 37.3 Å². The van der Waals surface area contributed by atoms with Gasteiger partial charge in [0.25, 0.3) is 0 Å². The third-order valence-electron chi connectivity index (χ3n) is 5.51. The molecule has 2 N–H and O–H groups in total. The minimum Gasteiger partial charge on any atom is -0.336 e. The Morgan fingerprint density at radius 2 is 1.81 bits per heavy atom. The lowest BCUT2D eigenvalue weighted by molar-refractivity contribution is -0.138. The number of urea groups is 1. The molecule has 2 aromatic carbocycles. The maximum Gasteiger partial charge on any atom is 0.321 e. The van der Waals surface area contributed by atoms with Gasteiger partial charge in [-0.3, -0.25) is 9.59 Å². The number of piperidine rings is 1. The molecule has 0 radical (unpaired) electrons. The fourth-order valence-corrected chi connectivity index (χ4v) is 3.75. The number of hydrogen-bond acceptors (Lipinski definition) is 3. The van der Waals surface area contributed by atoms with E-state index in [0.29, 0.717) is 19.5 Å². The third-order valence-corrected chi connectivity index (χ3v) is 5.51. The second-order valence-electron chi connectivity index (χ2n) is 8.14. The van der Waals surface area contributed by atoms with Gasteiger partial charge in [-0.25, -0.2) is 4.79 Å². The lowest BCUT2D eigenvalue weighted by Gasteiger charge is -2.33. The Hall–Kier alpha value is -3.35. The van der Waals surface area contributed by atoms with E-state index < -0.39 is 0 Å². The zero-order chi connectivity index (χ0) is 22.4. The Morgan fingerprint density at radius 3 is 2.55 bits per heavy atom. The van der Waals surface area contributed by atoms with E-state index in [1.165, 1.54) is 4.90 Å². The number of carbonyl (C=O) groups excluding carboxylic acids is 3. The van der Waals surface area contributed by atoms with E-state index >= 15 is 0 Å². The molecule has 0 unspecified atom stereocenters. The van der Waals surface area contributed by atoms with Gasteiger partial charge in [-0.05, 0) is 56.0 Å². The largest absolute Gasteiger partial charge is 0.336 e. The van der Waals surface area contributed by atoms with Crippen LogP contribution in [0.15, 0.2) is 48.5 Å². The van der Waals surface area contributed by atoms with Gasteiger partial charge in [-0.1, -0.05) is 30.3 Å². The van der Waals surface area contributed by atoms with Crippen LogP contribution in [0.1, 0.15) is 24.0 Å². The summed E-state index contributed by atoms with van der Waals surface area (Å²) in [7, 11) is 1.63. The number of likely N-dealkylation sites (N-methyl/N-ethyl adjacent to an activating group) is 1. The van der Waals surface area contributed by atoms with Gasteiger partial charge in [0.15, 0.2) is 0 Å². The number of amides is 4. The summed E-state index contributed by atoms with van der Waals surface area (Å²) >= 11 is 0. The number of rotatable bonds is 5. The van der Waals surface area contributed by atoms with Crippen molar-refractivity contribution in [3.8, 4) is 0 Å². The number of nitrogens with zero attached hydrogens (tertiary/aromatic N) is 2. The number of para-hydroxylation sites is 1. The van der Waals surface area contributed by atoms with Crippen LogP contribution in [-0.4, -0.2) is 54.3 Å². The van der Waals surface area contributed by atoms with Gasteiger partial charge in [0.2, 0.25) is 11.8 Å². The molecular formula is C24H30N4O3. The maximum atomic E-state index is 12.9. The molecular weight excluding hydrogens is 392 g/mol. The summed E-state index contributed by atoms with van der Waals surface area (Å²) in [5, 5.41) is 5.75. The smallest absolute Gasteiger partial charge is 0.321 e. The van der Waals surface area contributed by atoms with E-state index in [1.54, 1.807) is 11.9 Å². The zero-order valence-corrected chi connectivity index (χ0v) is 18.4. The molecule has 1 fully saturated rings. The van der Waals surface area contributed by atoms with Crippen LogP contribution in [0.25, 0.3) is 0 Å². The van der Waals surface area contributed by atoms with Crippen molar-refractivity contribution >= 4 is 29.2 Å². The number of aryl methyl sites for hydroxylation is 2. The molecule has 0 aromatic heterocycles. The molecule has 1 aliphatic rings. The van der Waals surface area contributed by atoms with Crippen LogP contribution < -0.4 is 10.6 Å². The highest BCUT2D eigenvalue weighted by atomic mass is 16.2. The number of benzene rings is 2. The normalized spacial score (nSPS) is 15.8. The second-order valence-corrected chi connectivity index (χ2v) is 8.14. The van der Waals surface area contributed by atoms with Gasteiger partial charge in [-0.15, -0.1) is 0 Å².